The molecular weight excluding hydrogens is 300 g/mol. The molecule has 1 aliphatic carbocycles. The molecule has 0 heterocycles. The Labute approximate surface area is 143 Å². The van der Waals surface area contributed by atoms with Crippen LogP contribution in [-0.4, -0.2) is 11.9 Å². The first-order valence-electron chi connectivity index (χ1n) is 8.36. The normalized spacial score (nSPS) is 18.6. The Balaban J connectivity index is 2.26. The number of urea groups is 1. The zero-order chi connectivity index (χ0) is 17.9. The largest absolute Gasteiger partial charge is 0.351 e. The minimum atomic E-state index is -0.844. The summed E-state index contributed by atoms with van der Waals surface area (Å²) in [5, 5.41) is 2.07. The SMILES string of the molecule is CCC1=C(C)/C(=C/c2ccc(C(=O)NC(N)=O)cc2)CCC1(C)C. The van der Waals surface area contributed by atoms with Crippen LogP contribution in [0.4, 0.5) is 4.79 Å². The van der Waals surface area contributed by atoms with Crippen LogP contribution in [0.3, 0.4) is 0 Å². The molecule has 1 aliphatic rings. The van der Waals surface area contributed by atoms with Crippen molar-refractivity contribution < 1.29 is 9.59 Å². The summed E-state index contributed by atoms with van der Waals surface area (Å²) in [6, 6.07) is 6.35. The Morgan fingerprint density at radius 3 is 2.42 bits per heavy atom. The average molecular weight is 326 g/mol. The summed E-state index contributed by atoms with van der Waals surface area (Å²) in [6.45, 7) is 9.06. The van der Waals surface area contributed by atoms with Gasteiger partial charge in [0.1, 0.15) is 0 Å². The molecule has 3 N–H and O–H groups in total. The van der Waals surface area contributed by atoms with Crippen LogP contribution >= 0.6 is 0 Å². The molecule has 0 unspecified atom stereocenters. The van der Waals surface area contributed by atoms with Gasteiger partial charge in [-0.3, -0.25) is 10.1 Å². The van der Waals surface area contributed by atoms with Gasteiger partial charge in [0.05, 0.1) is 0 Å². The van der Waals surface area contributed by atoms with Crippen LogP contribution in [0, 0.1) is 5.41 Å². The third kappa shape index (κ3) is 3.94. The Kier molecular flexibility index (Phi) is 5.27. The van der Waals surface area contributed by atoms with Gasteiger partial charge in [0.25, 0.3) is 5.91 Å². The predicted octanol–water partition coefficient (Wildman–Crippen LogP) is 4.43. The number of rotatable bonds is 3. The van der Waals surface area contributed by atoms with E-state index in [0.29, 0.717) is 5.56 Å². The van der Waals surface area contributed by atoms with Crippen molar-refractivity contribution in [1.29, 1.82) is 0 Å². The summed E-state index contributed by atoms with van der Waals surface area (Å²) in [4.78, 5) is 22.5. The van der Waals surface area contributed by atoms with Gasteiger partial charge in [-0.05, 0) is 60.4 Å². The van der Waals surface area contributed by atoms with Gasteiger partial charge in [-0.2, -0.15) is 0 Å². The van der Waals surface area contributed by atoms with Gasteiger partial charge in [-0.1, -0.05) is 44.6 Å². The predicted molar refractivity (Wildman–Crippen MR) is 97.5 cm³/mol. The molecule has 0 spiro atoms. The number of hydrogen-bond donors (Lipinski definition) is 2. The molecular formula is C20H26N2O2. The summed E-state index contributed by atoms with van der Waals surface area (Å²) < 4.78 is 0. The highest BCUT2D eigenvalue weighted by Gasteiger charge is 2.29. The molecule has 0 saturated heterocycles. The Morgan fingerprint density at radius 2 is 1.88 bits per heavy atom. The first kappa shape index (κ1) is 18.0. The lowest BCUT2D eigenvalue weighted by Gasteiger charge is -2.35. The Bertz CT molecular complexity index is 710. The fraction of sp³-hybridized carbons (Fsp3) is 0.400. The van der Waals surface area contributed by atoms with Gasteiger partial charge in [0.2, 0.25) is 0 Å². The second kappa shape index (κ2) is 7.04. The van der Waals surface area contributed by atoms with Crippen LogP contribution in [-0.2, 0) is 0 Å². The first-order chi connectivity index (χ1) is 11.2. The molecule has 0 atom stereocenters. The molecule has 128 valence electrons. The van der Waals surface area contributed by atoms with Crippen molar-refractivity contribution in [3.05, 3.63) is 52.1 Å². The van der Waals surface area contributed by atoms with Crippen LogP contribution in [0.5, 0.6) is 0 Å². The molecule has 0 aromatic heterocycles. The average Bonchev–Trinajstić information content (AvgIpc) is 2.50. The lowest BCUT2D eigenvalue weighted by atomic mass is 9.70. The van der Waals surface area contributed by atoms with Crippen LogP contribution in [0.15, 0.2) is 41.0 Å². The topological polar surface area (TPSA) is 72.2 Å². The van der Waals surface area contributed by atoms with Crippen molar-refractivity contribution in [2.24, 2.45) is 11.1 Å². The van der Waals surface area contributed by atoms with Gasteiger partial charge in [0, 0.05) is 5.56 Å². The summed E-state index contributed by atoms with van der Waals surface area (Å²) in [5.41, 5.74) is 11.0. The molecule has 1 aromatic carbocycles. The number of hydrogen-bond acceptors (Lipinski definition) is 2. The van der Waals surface area contributed by atoms with Gasteiger partial charge >= 0.3 is 6.03 Å². The second-order valence-electron chi connectivity index (χ2n) is 6.95. The maximum Gasteiger partial charge on any atom is 0.319 e. The molecule has 24 heavy (non-hydrogen) atoms. The summed E-state index contributed by atoms with van der Waals surface area (Å²) in [6.07, 6.45) is 5.48. The molecule has 0 bridgehead atoms. The molecule has 2 rings (SSSR count). The van der Waals surface area contributed by atoms with Crippen LogP contribution in [0.2, 0.25) is 0 Å². The zero-order valence-electron chi connectivity index (χ0n) is 14.9. The maximum absolute atomic E-state index is 11.7. The van der Waals surface area contributed by atoms with Crippen molar-refractivity contribution in [1.82, 2.24) is 5.32 Å². The fourth-order valence-electron chi connectivity index (χ4n) is 3.53. The molecule has 0 radical (unpaired) electrons. The second-order valence-corrected chi connectivity index (χ2v) is 6.95. The number of primary amides is 1. The maximum atomic E-state index is 11.7. The highest BCUT2D eigenvalue weighted by Crippen LogP contribution is 2.44. The number of carbonyl (C=O) groups is 2. The third-order valence-corrected chi connectivity index (χ3v) is 4.87. The number of nitrogens with two attached hydrogens (primary N) is 1. The fourth-order valence-corrected chi connectivity index (χ4v) is 3.53. The number of benzene rings is 1. The van der Waals surface area contributed by atoms with Crippen LogP contribution in [0.1, 0.15) is 62.9 Å². The van der Waals surface area contributed by atoms with Crippen molar-refractivity contribution in [2.45, 2.75) is 47.0 Å². The van der Waals surface area contributed by atoms with Crippen molar-refractivity contribution in [3.63, 3.8) is 0 Å². The minimum Gasteiger partial charge on any atom is -0.351 e. The van der Waals surface area contributed by atoms with E-state index in [1.807, 2.05) is 12.1 Å². The van der Waals surface area contributed by atoms with E-state index in [-0.39, 0.29) is 5.41 Å². The number of carbonyl (C=O) groups excluding carboxylic acids is 2. The van der Waals surface area contributed by atoms with E-state index in [0.717, 1.165) is 24.8 Å². The van der Waals surface area contributed by atoms with Gasteiger partial charge in [-0.15, -0.1) is 0 Å². The van der Waals surface area contributed by atoms with Crippen molar-refractivity contribution >= 4 is 18.0 Å². The van der Waals surface area contributed by atoms with E-state index in [1.54, 1.807) is 12.1 Å². The summed E-state index contributed by atoms with van der Waals surface area (Å²) in [7, 11) is 0. The quantitative estimate of drug-likeness (QED) is 0.862. The smallest absolute Gasteiger partial charge is 0.319 e. The van der Waals surface area contributed by atoms with Gasteiger partial charge in [0.15, 0.2) is 0 Å². The first-order valence-corrected chi connectivity index (χ1v) is 8.36. The van der Waals surface area contributed by atoms with E-state index in [1.165, 1.54) is 16.7 Å². The van der Waals surface area contributed by atoms with Crippen LogP contribution < -0.4 is 11.1 Å². The molecule has 4 nitrogen and oxygen atoms in total. The van der Waals surface area contributed by atoms with E-state index in [4.69, 9.17) is 5.73 Å². The van der Waals surface area contributed by atoms with E-state index >= 15 is 0 Å². The molecule has 0 aliphatic heterocycles. The Hall–Kier alpha value is -2.36. The molecule has 4 heteroatoms. The number of nitrogens with one attached hydrogen (secondary N) is 1. The van der Waals surface area contributed by atoms with Crippen molar-refractivity contribution in [3.8, 4) is 0 Å². The lowest BCUT2D eigenvalue weighted by molar-refractivity contribution is 0.0966. The van der Waals surface area contributed by atoms with Gasteiger partial charge < -0.3 is 5.73 Å². The molecule has 1 aromatic rings. The number of allylic oxidation sites excluding steroid dienone is 3. The van der Waals surface area contributed by atoms with E-state index in [9.17, 15) is 9.59 Å². The number of imide groups is 1. The summed E-state index contributed by atoms with van der Waals surface area (Å²) in [5.74, 6) is -0.481. The monoisotopic (exact) mass is 326 g/mol. The zero-order valence-corrected chi connectivity index (χ0v) is 14.9. The lowest BCUT2D eigenvalue weighted by Crippen LogP contribution is -2.34. The molecule has 0 saturated carbocycles. The van der Waals surface area contributed by atoms with Crippen molar-refractivity contribution in [2.75, 3.05) is 0 Å². The summed E-state index contributed by atoms with van der Waals surface area (Å²) >= 11 is 0. The van der Waals surface area contributed by atoms with Gasteiger partial charge in [-0.25, -0.2) is 4.79 Å². The number of amides is 3. The Morgan fingerprint density at radius 1 is 1.25 bits per heavy atom. The molecule has 0 fully saturated rings. The highest BCUT2D eigenvalue weighted by atomic mass is 16.2. The standard InChI is InChI=1S/C20H26N2O2/c1-5-17-13(2)16(10-11-20(17,3)4)12-14-6-8-15(9-7-14)18(23)22-19(21)24/h6-9,12H,5,10-11H2,1-4H3,(H3,21,22,23,24)/b16-12+. The highest BCUT2D eigenvalue weighted by molar-refractivity contribution is 6.03. The minimum absolute atomic E-state index is 0.271. The van der Waals surface area contributed by atoms with E-state index in [2.05, 4.69) is 39.1 Å². The van der Waals surface area contributed by atoms with E-state index < -0.39 is 11.9 Å². The van der Waals surface area contributed by atoms with Crippen LogP contribution in [0.25, 0.3) is 6.08 Å². The molecule has 3 amide bonds. The third-order valence-electron chi connectivity index (χ3n) is 4.87.